The molecular formula is C116H126N16O12Zn2. The van der Waals surface area contributed by atoms with Gasteiger partial charge in [-0.2, -0.15) is 0 Å². The minimum atomic E-state index is 0. The van der Waals surface area contributed by atoms with E-state index in [-0.39, 0.29) is 39.0 Å². The summed E-state index contributed by atoms with van der Waals surface area (Å²) < 4.78 is 79.4. The predicted molar refractivity (Wildman–Crippen MR) is 567 cm³/mol. The quantitative estimate of drug-likeness (QED) is 0.0194. The molecule has 4 aliphatic rings. The Bertz CT molecular complexity index is 7120. The molecule has 16 bridgehead atoms. The second kappa shape index (κ2) is 50.5. The van der Waals surface area contributed by atoms with Gasteiger partial charge in [0.25, 0.3) is 0 Å². The van der Waals surface area contributed by atoms with E-state index in [9.17, 15) is 0 Å². The van der Waals surface area contributed by atoms with Gasteiger partial charge in [-0.1, -0.05) is 184 Å². The second-order valence-corrected chi connectivity index (χ2v) is 36.5. The van der Waals surface area contributed by atoms with E-state index in [0.29, 0.717) is 339 Å². The molecule has 0 atom stereocenters. The van der Waals surface area contributed by atoms with Crippen LogP contribution in [-0.2, 0) is 39.0 Å². The maximum Gasteiger partial charge on any atom is 2.00 e. The summed E-state index contributed by atoms with van der Waals surface area (Å²) in [6, 6.07) is 35.2. The third kappa shape index (κ3) is 23.7. The van der Waals surface area contributed by atoms with Crippen molar-refractivity contribution in [3.63, 3.8) is 0 Å². The first-order valence-corrected chi connectivity index (χ1v) is 52.2. The van der Waals surface area contributed by atoms with Crippen LogP contribution in [-0.4, -0.2) is 139 Å². The molecule has 746 valence electrons. The van der Waals surface area contributed by atoms with Gasteiger partial charge in [-0.25, -0.2) is 19.9 Å². The molecule has 0 saturated heterocycles. The van der Waals surface area contributed by atoms with Gasteiger partial charge in [-0.3, -0.25) is 0 Å². The van der Waals surface area contributed by atoms with Crippen LogP contribution in [0.2, 0.25) is 0 Å². The average molecular weight is 2070 g/mol. The normalized spacial score (nSPS) is 11.5. The van der Waals surface area contributed by atoms with Crippen LogP contribution in [0.25, 0.3) is 179 Å². The van der Waals surface area contributed by atoms with Crippen molar-refractivity contribution in [2.24, 2.45) is 0 Å². The molecular weight excluding hydrogens is 1940 g/mol. The summed E-state index contributed by atoms with van der Waals surface area (Å²) in [4.78, 5) is 86.6. The van der Waals surface area contributed by atoms with Gasteiger partial charge in [0, 0.05) is 101 Å². The van der Waals surface area contributed by atoms with Gasteiger partial charge in [-0.15, -0.1) is 0 Å². The minimum absolute atomic E-state index is 0. The Balaban J connectivity index is 0.00000762. The molecule has 0 unspecified atom stereocenters. The molecule has 28 nitrogen and oxygen atoms in total. The van der Waals surface area contributed by atoms with Crippen molar-refractivity contribution in [3.05, 3.63) is 120 Å². The number of fused-ring (bicyclic) bond motifs is 40. The van der Waals surface area contributed by atoms with E-state index in [1.54, 1.807) is 0 Å². The first-order valence-electron chi connectivity index (χ1n) is 52.2. The molecule has 6 aromatic heterocycles. The fourth-order valence-electron chi connectivity index (χ4n) is 17.0. The van der Waals surface area contributed by atoms with Crippen molar-refractivity contribution >= 4 is 88.3 Å². The molecule has 0 N–H and O–H groups in total. The Morgan fingerprint density at radius 2 is 0.322 bits per heavy atom. The van der Waals surface area contributed by atoms with Gasteiger partial charge in [0.05, 0.1) is 126 Å². The number of hydrogen-bond donors (Lipinski definition) is 0. The smallest absolute Gasteiger partial charge is 0.490 e. The summed E-state index contributed by atoms with van der Waals surface area (Å²) in [6.45, 7) is 31.3. The Morgan fingerprint density at radius 1 is 0.178 bits per heavy atom. The molecule has 14 aromatic rings. The Labute approximate surface area is 878 Å². The number of hydrogen-bond acceptors (Lipinski definition) is 24. The van der Waals surface area contributed by atoms with E-state index in [1.807, 2.05) is 109 Å². The third-order valence-corrected chi connectivity index (χ3v) is 25.3. The van der Waals surface area contributed by atoms with E-state index in [4.69, 9.17) is 137 Å². The first kappa shape index (κ1) is 105. The van der Waals surface area contributed by atoms with Crippen molar-refractivity contribution in [2.75, 3.05) is 79.3 Å². The summed E-state index contributed by atoms with van der Waals surface area (Å²) in [6.07, 6.45) is 21.2. The van der Waals surface area contributed by atoms with Gasteiger partial charge in [-0.05, 0) is 229 Å². The van der Waals surface area contributed by atoms with Crippen LogP contribution < -0.4 is 76.8 Å². The van der Waals surface area contributed by atoms with Crippen LogP contribution in [0.3, 0.4) is 0 Å². The summed E-state index contributed by atoms with van der Waals surface area (Å²) in [5, 5.41) is 5.23. The first-order chi connectivity index (χ1) is 70.8. The molecule has 0 fully saturated rings. The third-order valence-electron chi connectivity index (χ3n) is 25.3. The molecule has 18 rings (SSSR count). The van der Waals surface area contributed by atoms with Crippen molar-refractivity contribution in [1.82, 2.24) is 79.7 Å². The van der Waals surface area contributed by atoms with Crippen LogP contribution in [0.1, 0.15) is 248 Å². The number of aromatic nitrogens is 16. The summed E-state index contributed by atoms with van der Waals surface area (Å²) >= 11 is 0. The second-order valence-electron chi connectivity index (χ2n) is 36.5. The number of ether oxygens (including phenoxy) is 12. The summed E-state index contributed by atoms with van der Waals surface area (Å²) in [5.41, 5.74) is 9.09. The van der Waals surface area contributed by atoms with Gasteiger partial charge in [0.2, 0.25) is 0 Å². The van der Waals surface area contributed by atoms with Gasteiger partial charge in [0.1, 0.15) is 0 Å². The fraction of sp³-hybridized carbons (Fsp3) is 0.414. The van der Waals surface area contributed by atoms with E-state index in [1.165, 1.54) is 0 Å². The standard InChI is InChI=1S/C116H126N16O12.2Zn/c1-13-25-45-133-89-59-77-79(61-91(89)135-47-27-15-3)109-123-105(77)119-101-73-43-41-71(57-75(73)103(117-101)121-107-81-63-93(137-49-29-17-5)95(139-51-31-19-7)65-83(81)111(125-107)129-115-87-69-99(143-55-35-23-11)97(141-53-33-21-9)67-85(87)113(127-109)131-115)39-37-38-40-72-42-44-74-76(58-72)104-118-102(74)120-106-78-60-90(134-46-26-14-2)92(136-48-28-16-4)62-80(78)110(124-106)128-114-86-68-98(142-54-34-22-10)100(144-56-36-24-12)70-88(86)116(132-114)130-112-84-66-96(140-52-32-20-8)94(138-50-30-18-6)64-82(84)108(122-104)126-112;;/h41-44,57-70H,13-36,45-56H2,1-12H3;;/q-4;2*+2. The van der Waals surface area contributed by atoms with Crippen LogP contribution in [0.4, 0.5) is 0 Å². The van der Waals surface area contributed by atoms with Gasteiger partial charge in [0.15, 0.2) is 69.0 Å². The SMILES string of the molecule is CCCCOc1cc2c(cc1OCCCC)-c1nc-2nc2[n-]c(nc3nc(nc4[n-]c(n1)c1cc(OCCCC)c(OCCCC)cc41)-c1cc(OCCCC)c(OCCCC)cc1-3)c1cc(C#CC#Cc3ccc4c5nc6nc(nc7[n-]c(nc8nc(nc([n-]5)c4c3)-c3cc(OCCCC)c(OCCCC)cc3-8)c3cc(OCCCC)c(OCCCC)cc73)-c3cc(OCCCC)c(OCCCC)cc3-6)ccc21.[Zn+2].[Zn+2]. The van der Waals surface area contributed by atoms with Gasteiger partial charge >= 0.3 is 39.0 Å². The van der Waals surface area contributed by atoms with Crippen molar-refractivity contribution in [3.8, 4) is 184 Å². The topological polar surface area (TPSA) is 322 Å². The van der Waals surface area contributed by atoms with Crippen LogP contribution in [0, 0.1) is 23.7 Å². The predicted octanol–water partition coefficient (Wildman–Crippen LogP) is 26.1. The molecule has 10 heterocycles. The van der Waals surface area contributed by atoms with Crippen molar-refractivity contribution in [2.45, 2.75) is 237 Å². The molecule has 4 aliphatic heterocycles. The Hall–Kier alpha value is -13.6. The molecule has 0 saturated carbocycles. The summed E-state index contributed by atoms with van der Waals surface area (Å²) in [7, 11) is 0. The van der Waals surface area contributed by atoms with E-state index in [2.05, 4.69) is 107 Å². The fourth-order valence-corrected chi connectivity index (χ4v) is 17.0. The zero-order valence-corrected chi connectivity index (χ0v) is 92.3. The minimum Gasteiger partial charge on any atom is -0.490 e. The maximum atomic E-state index is 6.64. The van der Waals surface area contributed by atoms with Crippen LogP contribution in [0.15, 0.2) is 109 Å². The zero-order chi connectivity index (χ0) is 99.4. The molecule has 30 heteroatoms. The van der Waals surface area contributed by atoms with Gasteiger partial charge < -0.3 is 117 Å². The van der Waals surface area contributed by atoms with Crippen LogP contribution in [0.5, 0.6) is 69.0 Å². The molecule has 0 amide bonds. The van der Waals surface area contributed by atoms with Crippen LogP contribution >= 0.6 is 0 Å². The Kier molecular flexibility index (Phi) is 36.4. The zero-order valence-electron chi connectivity index (χ0n) is 86.3. The number of benzene rings is 8. The van der Waals surface area contributed by atoms with Crippen molar-refractivity contribution in [1.29, 1.82) is 0 Å². The molecule has 146 heavy (non-hydrogen) atoms. The molecule has 0 spiro atoms. The van der Waals surface area contributed by atoms with E-state index >= 15 is 0 Å². The molecule has 0 radical (unpaired) electrons. The van der Waals surface area contributed by atoms with E-state index < -0.39 is 0 Å². The van der Waals surface area contributed by atoms with Crippen molar-refractivity contribution < 1.29 is 95.8 Å². The number of nitrogens with zero attached hydrogens (tertiary/aromatic N) is 16. The monoisotopic (exact) mass is 2060 g/mol. The molecule has 8 aromatic carbocycles. The molecule has 0 aliphatic carbocycles. The van der Waals surface area contributed by atoms with E-state index in [0.717, 1.165) is 154 Å². The average Bonchev–Trinajstić information content (AvgIpc) is 1.59. The number of unbranched alkanes of at least 4 members (excludes halogenated alkanes) is 12. The largest absolute Gasteiger partial charge is 2.00 e. The number of rotatable bonds is 48. The summed E-state index contributed by atoms with van der Waals surface area (Å²) in [5.74, 6) is 22.6. The maximum absolute atomic E-state index is 6.64. The Morgan fingerprint density at radius 3 is 0.479 bits per heavy atom.